The number of hydrogen-bond acceptors (Lipinski definition) is 7. The third-order valence-corrected chi connectivity index (χ3v) is 5.76. The van der Waals surface area contributed by atoms with Gasteiger partial charge in [-0.1, -0.05) is 0 Å². The van der Waals surface area contributed by atoms with E-state index in [0.717, 1.165) is 69.4 Å². The Morgan fingerprint density at radius 3 is 2.77 bits per heavy atom. The Morgan fingerprint density at radius 1 is 1.16 bits per heavy atom. The normalized spacial score (nSPS) is 19.4. The zero-order valence-electron chi connectivity index (χ0n) is 17.4. The number of carbonyl (C=O) groups is 1. The molecular formula is C22H27N7O2. The fourth-order valence-corrected chi connectivity index (χ4v) is 4.07. The number of nitrogens with zero attached hydrogens (tertiary/aromatic N) is 4. The summed E-state index contributed by atoms with van der Waals surface area (Å²) in [6, 6.07) is 10.1. The standard InChI is InChI=1S/C22H27N7O2/c30-22(26-16-3-5-18(6-4-16)28-10-12-31-13-11-28)19-15-24-29-9-7-20(27-21(19)29)25-17-2-1-8-23-14-17/h3-7,9,15,17,23H,1-2,8,10-14H2,(H,25,27)(H,26,30)/t17-/m1/s1. The van der Waals surface area contributed by atoms with E-state index in [1.807, 2.05) is 36.5 Å². The zero-order valence-corrected chi connectivity index (χ0v) is 17.4. The monoisotopic (exact) mass is 421 g/mol. The average molecular weight is 422 g/mol. The van der Waals surface area contributed by atoms with Crippen molar-refractivity contribution < 1.29 is 9.53 Å². The molecule has 2 aliphatic heterocycles. The predicted octanol–water partition coefficient (Wildman–Crippen LogP) is 1.98. The number of amides is 1. The van der Waals surface area contributed by atoms with E-state index in [0.29, 0.717) is 17.3 Å². The minimum Gasteiger partial charge on any atom is -0.378 e. The molecule has 5 rings (SSSR count). The van der Waals surface area contributed by atoms with Crippen LogP contribution in [0.1, 0.15) is 23.2 Å². The number of piperidine rings is 1. The number of ether oxygens (including phenoxy) is 1. The van der Waals surface area contributed by atoms with Crippen molar-refractivity contribution in [3.63, 3.8) is 0 Å². The minimum atomic E-state index is -0.224. The summed E-state index contributed by atoms with van der Waals surface area (Å²) in [7, 11) is 0. The molecular weight excluding hydrogens is 394 g/mol. The van der Waals surface area contributed by atoms with Crippen molar-refractivity contribution in [2.24, 2.45) is 0 Å². The number of rotatable bonds is 5. The molecule has 2 saturated heterocycles. The van der Waals surface area contributed by atoms with Gasteiger partial charge in [0.15, 0.2) is 5.65 Å². The molecule has 9 nitrogen and oxygen atoms in total. The van der Waals surface area contributed by atoms with Crippen molar-refractivity contribution >= 4 is 28.7 Å². The summed E-state index contributed by atoms with van der Waals surface area (Å²) >= 11 is 0. The summed E-state index contributed by atoms with van der Waals surface area (Å²) < 4.78 is 7.03. The van der Waals surface area contributed by atoms with Crippen LogP contribution in [0, 0.1) is 0 Å². The SMILES string of the molecule is O=C(Nc1ccc(N2CCOCC2)cc1)c1cnn2ccc(N[C@@H]3CCCNC3)nc12. The number of fused-ring (bicyclic) bond motifs is 1. The molecule has 1 aromatic carbocycles. The Kier molecular flexibility index (Phi) is 5.68. The van der Waals surface area contributed by atoms with E-state index in [4.69, 9.17) is 4.74 Å². The smallest absolute Gasteiger partial charge is 0.261 e. The lowest BCUT2D eigenvalue weighted by molar-refractivity contribution is 0.102. The quantitative estimate of drug-likeness (QED) is 0.580. The van der Waals surface area contributed by atoms with Crippen molar-refractivity contribution in [2.75, 3.05) is 54.9 Å². The van der Waals surface area contributed by atoms with Crippen LogP contribution in [0.4, 0.5) is 17.2 Å². The molecule has 0 saturated carbocycles. The highest BCUT2D eigenvalue weighted by atomic mass is 16.5. The first kappa shape index (κ1) is 19.8. The van der Waals surface area contributed by atoms with Crippen LogP contribution in [0.2, 0.25) is 0 Å². The van der Waals surface area contributed by atoms with E-state index in [1.165, 1.54) is 0 Å². The topological polar surface area (TPSA) is 95.8 Å². The number of nitrogens with one attached hydrogen (secondary N) is 3. The molecule has 31 heavy (non-hydrogen) atoms. The molecule has 2 aliphatic rings. The van der Waals surface area contributed by atoms with E-state index in [2.05, 4.69) is 30.9 Å². The highest BCUT2D eigenvalue weighted by Gasteiger charge is 2.17. The number of anilines is 3. The highest BCUT2D eigenvalue weighted by molar-refractivity contribution is 6.08. The van der Waals surface area contributed by atoms with Crippen molar-refractivity contribution in [1.82, 2.24) is 19.9 Å². The van der Waals surface area contributed by atoms with Gasteiger partial charge in [0.25, 0.3) is 5.91 Å². The molecule has 9 heteroatoms. The summed E-state index contributed by atoms with van der Waals surface area (Å²) in [5.41, 5.74) is 2.86. The first-order valence-electron chi connectivity index (χ1n) is 10.8. The molecule has 0 bridgehead atoms. The van der Waals surface area contributed by atoms with E-state index >= 15 is 0 Å². The second-order valence-electron chi connectivity index (χ2n) is 7.93. The largest absolute Gasteiger partial charge is 0.378 e. The lowest BCUT2D eigenvalue weighted by Gasteiger charge is -2.28. The summed E-state index contributed by atoms with van der Waals surface area (Å²) in [6.07, 6.45) is 5.64. The van der Waals surface area contributed by atoms with Crippen molar-refractivity contribution in [3.05, 3.63) is 48.3 Å². The maximum Gasteiger partial charge on any atom is 0.261 e. The Morgan fingerprint density at radius 2 is 2.00 bits per heavy atom. The Labute approximate surface area is 180 Å². The summed E-state index contributed by atoms with van der Waals surface area (Å²) in [5, 5.41) is 14.1. The second kappa shape index (κ2) is 8.91. The van der Waals surface area contributed by atoms with Gasteiger partial charge in [-0.2, -0.15) is 5.10 Å². The number of aromatic nitrogens is 3. The first-order chi connectivity index (χ1) is 15.3. The van der Waals surface area contributed by atoms with Crippen LogP contribution in [0.5, 0.6) is 0 Å². The van der Waals surface area contributed by atoms with E-state index < -0.39 is 0 Å². The summed E-state index contributed by atoms with van der Waals surface area (Å²) in [5.74, 6) is 0.531. The van der Waals surface area contributed by atoms with Crippen LogP contribution in [-0.2, 0) is 4.74 Å². The van der Waals surface area contributed by atoms with E-state index in [9.17, 15) is 4.79 Å². The first-order valence-corrected chi connectivity index (χ1v) is 10.8. The molecule has 0 radical (unpaired) electrons. The van der Waals surface area contributed by atoms with Gasteiger partial charge in [0.05, 0.1) is 19.4 Å². The molecule has 1 atom stereocenters. The van der Waals surface area contributed by atoms with Crippen molar-refractivity contribution in [2.45, 2.75) is 18.9 Å². The van der Waals surface area contributed by atoms with Crippen LogP contribution in [-0.4, -0.2) is 65.9 Å². The number of hydrogen-bond donors (Lipinski definition) is 3. The number of carbonyl (C=O) groups excluding carboxylic acids is 1. The van der Waals surface area contributed by atoms with Gasteiger partial charge in [-0.25, -0.2) is 9.50 Å². The van der Waals surface area contributed by atoms with Gasteiger partial charge in [-0.05, 0) is 49.7 Å². The zero-order chi connectivity index (χ0) is 21.0. The fraction of sp³-hybridized carbons (Fsp3) is 0.409. The highest BCUT2D eigenvalue weighted by Crippen LogP contribution is 2.20. The second-order valence-corrected chi connectivity index (χ2v) is 7.93. The predicted molar refractivity (Wildman–Crippen MR) is 120 cm³/mol. The lowest BCUT2D eigenvalue weighted by atomic mass is 10.1. The number of morpholine rings is 1. The van der Waals surface area contributed by atoms with Gasteiger partial charge in [0.2, 0.25) is 0 Å². The van der Waals surface area contributed by atoms with Crippen LogP contribution in [0.15, 0.2) is 42.7 Å². The average Bonchev–Trinajstić information content (AvgIpc) is 3.24. The van der Waals surface area contributed by atoms with Gasteiger partial charge < -0.3 is 25.6 Å². The fourth-order valence-electron chi connectivity index (χ4n) is 4.07. The van der Waals surface area contributed by atoms with Gasteiger partial charge in [-0.3, -0.25) is 4.79 Å². The molecule has 0 unspecified atom stereocenters. The van der Waals surface area contributed by atoms with Crippen molar-refractivity contribution in [3.8, 4) is 0 Å². The van der Waals surface area contributed by atoms with Crippen LogP contribution in [0.3, 0.4) is 0 Å². The summed E-state index contributed by atoms with van der Waals surface area (Å²) in [6.45, 7) is 5.23. The minimum absolute atomic E-state index is 0.224. The maximum atomic E-state index is 12.9. The molecule has 0 spiro atoms. The van der Waals surface area contributed by atoms with Gasteiger partial charge in [0.1, 0.15) is 11.4 Å². The van der Waals surface area contributed by atoms with Crippen LogP contribution in [0.25, 0.3) is 5.65 Å². The molecule has 0 aliphatic carbocycles. The van der Waals surface area contributed by atoms with E-state index in [-0.39, 0.29) is 5.91 Å². The van der Waals surface area contributed by atoms with E-state index in [1.54, 1.807) is 10.7 Å². The Hall–Kier alpha value is -3.17. The summed E-state index contributed by atoms with van der Waals surface area (Å²) in [4.78, 5) is 19.8. The van der Waals surface area contributed by atoms with Gasteiger partial charge >= 0.3 is 0 Å². The molecule has 2 fully saturated rings. The molecule has 3 N–H and O–H groups in total. The molecule has 4 heterocycles. The third kappa shape index (κ3) is 4.47. The van der Waals surface area contributed by atoms with Crippen molar-refractivity contribution in [1.29, 1.82) is 0 Å². The van der Waals surface area contributed by atoms with Crippen LogP contribution < -0.4 is 20.9 Å². The van der Waals surface area contributed by atoms with Crippen LogP contribution >= 0.6 is 0 Å². The Bertz CT molecular complexity index is 1040. The maximum absolute atomic E-state index is 12.9. The molecule has 1 amide bonds. The molecule has 162 valence electrons. The third-order valence-electron chi connectivity index (χ3n) is 5.76. The van der Waals surface area contributed by atoms with Gasteiger partial charge in [-0.15, -0.1) is 0 Å². The lowest BCUT2D eigenvalue weighted by Crippen LogP contribution is -2.38. The van der Waals surface area contributed by atoms with Gasteiger partial charge in [0, 0.05) is 43.2 Å². The molecule has 2 aromatic heterocycles. The molecule has 3 aromatic rings. The Balaban J connectivity index is 1.29. The number of benzene rings is 1.